The van der Waals surface area contributed by atoms with E-state index >= 15 is 0 Å². The fourth-order valence-corrected chi connectivity index (χ4v) is 6.46. The lowest BCUT2D eigenvalue weighted by molar-refractivity contribution is -0.137. The molecule has 0 bridgehead atoms. The molecule has 1 amide bonds. The molecule has 0 N–H and O–H groups in total. The lowest BCUT2D eigenvalue weighted by Gasteiger charge is -2.39. The van der Waals surface area contributed by atoms with Crippen molar-refractivity contribution in [1.29, 1.82) is 0 Å². The average Bonchev–Trinajstić information content (AvgIpc) is 3.02. The Morgan fingerprint density at radius 1 is 1.03 bits per heavy atom. The maximum atomic E-state index is 13.3. The average molecular weight is 421 g/mol. The summed E-state index contributed by atoms with van der Waals surface area (Å²) in [6, 6.07) is 8.65. The smallest absolute Gasteiger partial charge is 0.237 e. The van der Waals surface area contributed by atoms with Crippen LogP contribution in [0.15, 0.2) is 24.3 Å². The number of benzene rings is 1. The lowest BCUT2D eigenvalue weighted by Crippen LogP contribution is -2.51. The molecule has 0 radical (unpaired) electrons. The van der Waals surface area contributed by atoms with Crippen molar-refractivity contribution >= 4 is 15.7 Å². The third kappa shape index (κ3) is 6.05. The first kappa shape index (κ1) is 22.3. The van der Waals surface area contributed by atoms with Crippen LogP contribution >= 0.6 is 0 Å². The minimum Gasteiger partial charge on any atom is -0.335 e. The standard InChI is InChI=1S/C23H36N2O3S/c1-18(2)20-11-9-19(10-12-20)15-24(3)16-23(26)25(21-7-5-4-6-8-21)22-13-14-29(27,28)17-22/h9-12,18,21-22H,4-8,13-17H2,1-3H3. The van der Waals surface area contributed by atoms with E-state index in [0.717, 1.165) is 25.7 Å². The van der Waals surface area contributed by atoms with E-state index in [2.05, 4.69) is 38.1 Å². The summed E-state index contributed by atoms with van der Waals surface area (Å²) in [6.07, 6.45) is 6.07. The van der Waals surface area contributed by atoms with E-state index in [1.54, 1.807) is 0 Å². The van der Waals surface area contributed by atoms with Gasteiger partial charge in [-0.1, -0.05) is 57.4 Å². The first-order chi connectivity index (χ1) is 13.7. The monoisotopic (exact) mass is 420 g/mol. The van der Waals surface area contributed by atoms with Crippen molar-refractivity contribution in [3.05, 3.63) is 35.4 Å². The van der Waals surface area contributed by atoms with Crippen molar-refractivity contribution in [2.45, 2.75) is 76.9 Å². The van der Waals surface area contributed by atoms with Crippen LogP contribution in [0.25, 0.3) is 0 Å². The highest BCUT2D eigenvalue weighted by atomic mass is 32.2. The van der Waals surface area contributed by atoms with Gasteiger partial charge < -0.3 is 4.90 Å². The fourth-order valence-electron chi connectivity index (χ4n) is 4.75. The van der Waals surface area contributed by atoms with Crippen molar-refractivity contribution < 1.29 is 13.2 Å². The number of hydrogen-bond acceptors (Lipinski definition) is 4. The van der Waals surface area contributed by atoms with Gasteiger partial charge in [0.05, 0.1) is 18.1 Å². The molecule has 2 fully saturated rings. The zero-order valence-corrected chi connectivity index (χ0v) is 19.0. The van der Waals surface area contributed by atoms with Crippen molar-refractivity contribution in [2.75, 3.05) is 25.1 Å². The van der Waals surface area contributed by atoms with Crippen LogP contribution in [0, 0.1) is 0 Å². The summed E-state index contributed by atoms with van der Waals surface area (Å²) in [5.74, 6) is 0.942. The molecule has 1 atom stereocenters. The molecule has 1 heterocycles. The maximum Gasteiger partial charge on any atom is 0.237 e. The molecule has 0 aromatic heterocycles. The number of carbonyl (C=O) groups excluding carboxylic acids is 1. The lowest BCUT2D eigenvalue weighted by atomic mass is 9.92. The van der Waals surface area contributed by atoms with Gasteiger partial charge >= 0.3 is 0 Å². The quantitative estimate of drug-likeness (QED) is 0.676. The van der Waals surface area contributed by atoms with Crippen LogP contribution in [0.5, 0.6) is 0 Å². The molecule has 29 heavy (non-hydrogen) atoms. The Balaban J connectivity index is 1.65. The number of hydrogen-bond donors (Lipinski definition) is 0. The van der Waals surface area contributed by atoms with Gasteiger partial charge in [-0.3, -0.25) is 9.69 Å². The maximum absolute atomic E-state index is 13.3. The van der Waals surface area contributed by atoms with E-state index in [1.165, 1.54) is 17.5 Å². The Bertz CT molecular complexity index is 783. The van der Waals surface area contributed by atoms with Gasteiger partial charge in [0.25, 0.3) is 0 Å². The van der Waals surface area contributed by atoms with Crippen LogP contribution < -0.4 is 0 Å². The third-order valence-electron chi connectivity index (χ3n) is 6.36. The second kappa shape index (κ2) is 9.61. The number of amides is 1. The second-order valence-electron chi connectivity index (χ2n) is 9.22. The minimum atomic E-state index is -3.01. The topological polar surface area (TPSA) is 57.7 Å². The van der Waals surface area contributed by atoms with Gasteiger partial charge in [-0.25, -0.2) is 8.42 Å². The molecule has 1 saturated carbocycles. The van der Waals surface area contributed by atoms with Crippen molar-refractivity contribution in [3.63, 3.8) is 0 Å². The number of likely N-dealkylation sites (N-methyl/N-ethyl adjacent to an activating group) is 1. The minimum absolute atomic E-state index is 0.0836. The van der Waals surface area contributed by atoms with Gasteiger partial charge in [0.15, 0.2) is 9.84 Å². The highest BCUT2D eigenvalue weighted by Crippen LogP contribution is 2.28. The Kier molecular flexibility index (Phi) is 7.38. The van der Waals surface area contributed by atoms with Crippen LogP contribution in [-0.4, -0.2) is 61.3 Å². The van der Waals surface area contributed by atoms with E-state index in [1.807, 2.05) is 16.8 Å². The van der Waals surface area contributed by atoms with E-state index in [-0.39, 0.29) is 29.5 Å². The van der Waals surface area contributed by atoms with Gasteiger partial charge in [-0.2, -0.15) is 0 Å². The molecule has 162 valence electrons. The van der Waals surface area contributed by atoms with E-state index in [4.69, 9.17) is 0 Å². The molecule has 0 spiro atoms. The summed E-state index contributed by atoms with van der Waals surface area (Å²) in [5, 5.41) is 0. The van der Waals surface area contributed by atoms with Gasteiger partial charge in [0.2, 0.25) is 5.91 Å². The Morgan fingerprint density at radius 3 is 2.24 bits per heavy atom. The Labute approximate surface area is 176 Å². The molecule has 3 rings (SSSR count). The zero-order chi connectivity index (χ0) is 21.0. The van der Waals surface area contributed by atoms with Crippen molar-refractivity contribution in [2.24, 2.45) is 0 Å². The van der Waals surface area contributed by atoms with Crippen LogP contribution in [0.3, 0.4) is 0 Å². The molecule has 1 aliphatic carbocycles. The molecule has 1 unspecified atom stereocenters. The molecule has 2 aliphatic rings. The second-order valence-corrected chi connectivity index (χ2v) is 11.4. The van der Waals surface area contributed by atoms with E-state index in [9.17, 15) is 13.2 Å². The number of sulfone groups is 1. The summed E-state index contributed by atoms with van der Waals surface area (Å²) < 4.78 is 24.1. The molecular formula is C23H36N2O3S. The molecular weight excluding hydrogens is 384 g/mol. The summed E-state index contributed by atoms with van der Waals surface area (Å²) in [5.41, 5.74) is 2.51. The molecule has 1 saturated heterocycles. The van der Waals surface area contributed by atoms with Crippen LogP contribution in [-0.2, 0) is 21.2 Å². The summed E-state index contributed by atoms with van der Waals surface area (Å²) in [6.45, 7) is 5.41. The number of rotatable bonds is 7. The molecule has 1 aliphatic heterocycles. The highest BCUT2D eigenvalue weighted by Gasteiger charge is 2.38. The largest absolute Gasteiger partial charge is 0.335 e. The summed E-state index contributed by atoms with van der Waals surface area (Å²) in [7, 11) is -1.04. The van der Waals surface area contributed by atoms with Gasteiger partial charge in [-0.05, 0) is 43.4 Å². The SMILES string of the molecule is CC(C)c1ccc(CN(C)CC(=O)N(C2CCCCC2)C2CCS(=O)(=O)C2)cc1. The Morgan fingerprint density at radius 2 is 1.69 bits per heavy atom. The molecule has 1 aromatic rings. The van der Waals surface area contributed by atoms with Gasteiger partial charge in [0, 0.05) is 18.6 Å². The van der Waals surface area contributed by atoms with Gasteiger partial charge in [0.1, 0.15) is 0 Å². The fraction of sp³-hybridized carbons (Fsp3) is 0.696. The van der Waals surface area contributed by atoms with Crippen molar-refractivity contribution in [1.82, 2.24) is 9.80 Å². The van der Waals surface area contributed by atoms with E-state index in [0.29, 0.717) is 25.4 Å². The first-order valence-corrected chi connectivity index (χ1v) is 12.9. The zero-order valence-electron chi connectivity index (χ0n) is 18.1. The third-order valence-corrected chi connectivity index (χ3v) is 8.11. The molecule has 6 heteroatoms. The van der Waals surface area contributed by atoms with Crippen LogP contribution in [0.1, 0.15) is 69.4 Å². The predicted octanol–water partition coefficient (Wildman–Crippen LogP) is 3.59. The van der Waals surface area contributed by atoms with E-state index < -0.39 is 9.84 Å². The van der Waals surface area contributed by atoms with Crippen LogP contribution in [0.4, 0.5) is 0 Å². The summed E-state index contributed by atoms with van der Waals surface area (Å²) >= 11 is 0. The predicted molar refractivity (Wildman–Crippen MR) is 118 cm³/mol. The molecule has 5 nitrogen and oxygen atoms in total. The number of nitrogens with zero attached hydrogens (tertiary/aromatic N) is 2. The van der Waals surface area contributed by atoms with Crippen molar-refractivity contribution in [3.8, 4) is 0 Å². The Hall–Kier alpha value is -1.40. The first-order valence-electron chi connectivity index (χ1n) is 11.0. The normalized spacial score (nSPS) is 22.3. The number of carbonyl (C=O) groups is 1. The van der Waals surface area contributed by atoms with Gasteiger partial charge in [-0.15, -0.1) is 0 Å². The highest BCUT2D eigenvalue weighted by molar-refractivity contribution is 7.91. The van der Waals surface area contributed by atoms with Crippen LogP contribution in [0.2, 0.25) is 0 Å². The molecule has 1 aromatic carbocycles. The summed E-state index contributed by atoms with van der Waals surface area (Å²) in [4.78, 5) is 17.3.